The van der Waals surface area contributed by atoms with Crippen LogP contribution in [0.3, 0.4) is 0 Å². The van der Waals surface area contributed by atoms with Crippen molar-refractivity contribution in [2.75, 3.05) is 7.11 Å². The third-order valence-corrected chi connectivity index (χ3v) is 4.15. The molecule has 2 nitrogen and oxygen atoms in total. The minimum Gasteiger partial charge on any atom is -0.357 e. The first-order valence-electron chi connectivity index (χ1n) is 7.92. The average molecular weight is 293 g/mol. The van der Waals surface area contributed by atoms with Gasteiger partial charge in [0.05, 0.1) is 5.52 Å². The smallest absolute Gasteiger partial charge is 0.160 e. The van der Waals surface area contributed by atoms with E-state index in [1.54, 1.807) is 7.11 Å². The van der Waals surface area contributed by atoms with Gasteiger partial charge in [-0.1, -0.05) is 61.4 Å². The Labute approximate surface area is 132 Å². The Morgan fingerprint density at radius 3 is 2.45 bits per heavy atom. The lowest BCUT2D eigenvalue weighted by molar-refractivity contribution is 0.0801. The van der Waals surface area contributed by atoms with E-state index in [0.29, 0.717) is 0 Å². The van der Waals surface area contributed by atoms with E-state index in [9.17, 15) is 0 Å². The molecule has 1 aromatic heterocycles. The summed E-state index contributed by atoms with van der Waals surface area (Å²) in [6.07, 6.45) is 2.10. The molecule has 3 aromatic rings. The van der Waals surface area contributed by atoms with Crippen molar-refractivity contribution >= 4 is 10.9 Å². The van der Waals surface area contributed by atoms with Crippen LogP contribution in [0.25, 0.3) is 10.9 Å². The van der Waals surface area contributed by atoms with Crippen LogP contribution in [-0.4, -0.2) is 11.7 Å². The number of methoxy groups -OCH3 is 1. The molecule has 22 heavy (non-hydrogen) atoms. The van der Waals surface area contributed by atoms with E-state index in [0.717, 1.165) is 12.8 Å². The fourth-order valence-corrected chi connectivity index (χ4v) is 3.08. The Kier molecular flexibility index (Phi) is 4.30. The molecular weight excluding hydrogens is 270 g/mol. The fraction of sp³-hybridized carbons (Fsp3) is 0.300. The van der Waals surface area contributed by atoms with Gasteiger partial charge in [0, 0.05) is 18.4 Å². The molecule has 0 bridgehead atoms. The monoisotopic (exact) mass is 293 g/mol. The number of nitrogens with zero attached hydrogens (tertiary/aromatic N) is 1. The number of hydrogen-bond acceptors (Lipinski definition) is 1. The zero-order valence-corrected chi connectivity index (χ0v) is 13.5. The first-order valence-corrected chi connectivity index (χ1v) is 7.92. The summed E-state index contributed by atoms with van der Waals surface area (Å²) < 4.78 is 8.22. The van der Waals surface area contributed by atoms with Crippen molar-refractivity contribution in [3.8, 4) is 0 Å². The highest BCUT2D eigenvalue weighted by Crippen LogP contribution is 2.29. The highest BCUT2D eigenvalue weighted by molar-refractivity contribution is 5.81. The number of aromatic nitrogens is 1. The molecule has 0 aliphatic rings. The minimum absolute atomic E-state index is 0.0814. The van der Waals surface area contributed by atoms with Crippen LogP contribution in [0.5, 0.6) is 0 Å². The molecule has 114 valence electrons. The number of hydrogen-bond donors (Lipinski definition) is 0. The van der Waals surface area contributed by atoms with E-state index in [2.05, 4.69) is 73.0 Å². The van der Waals surface area contributed by atoms with Crippen molar-refractivity contribution < 1.29 is 4.74 Å². The maximum absolute atomic E-state index is 5.88. The van der Waals surface area contributed by atoms with E-state index < -0.39 is 0 Å². The van der Waals surface area contributed by atoms with Crippen LogP contribution in [0, 0.1) is 6.92 Å². The molecule has 1 atom stereocenters. The van der Waals surface area contributed by atoms with Gasteiger partial charge in [-0.05, 0) is 30.9 Å². The summed E-state index contributed by atoms with van der Waals surface area (Å²) in [5.41, 5.74) is 5.02. The normalized spacial score (nSPS) is 12.7. The second-order valence-electron chi connectivity index (χ2n) is 5.81. The summed E-state index contributed by atoms with van der Waals surface area (Å²) in [6, 6.07) is 19.4. The zero-order chi connectivity index (χ0) is 15.5. The summed E-state index contributed by atoms with van der Waals surface area (Å²) in [5, 5.41) is 1.28. The van der Waals surface area contributed by atoms with Gasteiger partial charge in [0.2, 0.25) is 0 Å². The Morgan fingerprint density at radius 1 is 1.05 bits per heavy atom. The van der Waals surface area contributed by atoms with Gasteiger partial charge in [-0.15, -0.1) is 0 Å². The number of para-hydroxylation sites is 1. The molecule has 0 saturated heterocycles. The molecule has 0 N–H and O–H groups in total. The van der Waals surface area contributed by atoms with Crippen molar-refractivity contribution in [3.05, 3.63) is 71.4 Å². The standard InChI is InChI=1S/C20H23NO/c1-4-7-18-14-17-8-5-6-9-19(17)21(18)20(22-3)16-12-10-15(2)11-13-16/h5-6,8-14,20H,4,7H2,1-3H3. The van der Waals surface area contributed by atoms with E-state index in [4.69, 9.17) is 4.74 Å². The lowest BCUT2D eigenvalue weighted by atomic mass is 10.1. The minimum atomic E-state index is -0.0814. The molecule has 3 rings (SSSR count). The average Bonchev–Trinajstić information content (AvgIpc) is 2.89. The van der Waals surface area contributed by atoms with Crippen LogP contribution >= 0.6 is 0 Å². The molecule has 0 spiro atoms. The van der Waals surface area contributed by atoms with Crippen molar-refractivity contribution in [1.82, 2.24) is 4.57 Å². The van der Waals surface area contributed by atoms with Gasteiger partial charge in [-0.3, -0.25) is 0 Å². The summed E-state index contributed by atoms with van der Waals surface area (Å²) in [6.45, 7) is 4.33. The molecule has 0 fully saturated rings. The number of benzene rings is 2. The van der Waals surface area contributed by atoms with E-state index >= 15 is 0 Å². The summed E-state index contributed by atoms with van der Waals surface area (Å²) in [4.78, 5) is 0. The molecule has 0 aliphatic carbocycles. The van der Waals surface area contributed by atoms with Gasteiger partial charge in [-0.2, -0.15) is 0 Å². The van der Waals surface area contributed by atoms with Crippen LogP contribution < -0.4 is 0 Å². The van der Waals surface area contributed by atoms with Gasteiger partial charge in [0.15, 0.2) is 6.23 Å². The highest BCUT2D eigenvalue weighted by atomic mass is 16.5. The van der Waals surface area contributed by atoms with Crippen molar-refractivity contribution in [2.45, 2.75) is 32.9 Å². The maximum atomic E-state index is 5.88. The van der Waals surface area contributed by atoms with Gasteiger partial charge in [0.1, 0.15) is 0 Å². The van der Waals surface area contributed by atoms with Crippen LogP contribution in [0.1, 0.15) is 36.4 Å². The molecular formula is C20H23NO. The second-order valence-corrected chi connectivity index (χ2v) is 5.81. The number of fused-ring (bicyclic) bond motifs is 1. The third-order valence-electron chi connectivity index (χ3n) is 4.15. The second kappa shape index (κ2) is 6.37. The highest BCUT2D eigenvalue weighted by Gasteiger charge is 2.18. The maximum Gasteiger partial charge on any atom is 0.160 e. The first kappa shape index (κ1) is 14.9. The summed E-state index contributed by atoms with van der Waals surface area (Å²) >= 11 is 0. The Bertz CT molecular complexity index is 755. The Balaban J connectivity index is 2.16. The largest absolute Gasteiger partial charge is 0.357 e. The third kappa shape index (κ3) is 2.67. The molecule has 0 saturated carbocycles. The molecule has 0 aliphatic heterocycles. The number of ether oxygens (including phenoxy) is 1. The molecule has 0 radical (unpaired) electrons. The van der Waals surface area contributed by atoms with E-state index in [1.165, 1.54) is 27.7 Å². The number of rotatable bonds is 5. The molecule has 1 unspecified atom stereocenters. The predicted molar refractivity (Wildman–Crippen MR) is 92.3 cm³/mol. The molecule has 1 heterocycles. The van der Waals surface area contributed by atoms with Crippen LogP contribution in [0.4, 0.5) is 0 Å². The van der Waals surface area contributed by atoms with Crippen molar-refractivity contribution in [2.24, 2.45) is 0 Å². The SMILES string of the molecule is CCCc1cc2ccccc2n1C(OC)c1ccc(C)cc1. The van der Waals surface area contributed by atoms with E-state index in [1.807, 2.05) is 0 Å². The topological polar surface area (TPSA) is 14.2 Å². The first-order chi connectivity index (χ1) is 10.7. The van der Waals surface area contributed by atoms with Crippen molar-refractivity contribution in [3.63, 3.8) is 0 Å². The van der Waals surface area contributed by atoms with Gasteiger partial charge >= 0.3 is 0 Å². The lowest BCUT2D eigenvalue weighted by Crippen LogP contribution is -2.15. The summed E-state index contributed by atoms with van der Waals surface area (Å²) in [5.74, 6) is 0. The van der Waals surface area contributed by atoms with Crippen LogP contribution in [0.2, 0.25) is 0 Å². The van der Waals surface area contributed by atoms with Crippen LogP contribution in [-0.2, 0) is 11.2 Å². The Morgan fingerprint density at radius 2 is 1.77 bits per heavy atom. The van der Waals surface area contributed by atoms with Gasteiger partial charge in [-0.25, -0.2) is 0 Å². The van der Waals surface area contributed by atoms with Crippen molar-refractivity contribution in [1.29, 1.82) is 0 Å². The molecule has 2 aromatic carbocycles. The quantitative estimate of drug-likeness (QED) is 0.638. The molecule has 0 amide bonds. The lowest BCUT2D eigenvalue weighted by Gasteiger charge is -2.22. The predicted octanol–water partition coefficient (Wildman–Crippen LogP) is 5.10. The van der Waals surface area contributed by atoms with Gasteiger partial charge < -0.3 is 9.30 Å². The van der Waals surface area contributed by atoms with E-state index in [-0.39, 0.29) is 6.23 Å². The fourth-order valence-electron chi connectivity index (χ4n) is 3.08. The van der Waals surface area contributed by atoms with Gasteiger partial charge in [0.25, 0.3) is 0 Å². The van der Waals surface area contributed by atoms with Crippen LogP contribution in [0.15, 0.2) is 54.6 Å². The number of aryl methyl sites for hydroxylation is 2. The zero-order valence-electron chi connectivity index (χ0n) is 13.5. The molecule has 2 heteroatoms. The summed E-state index contributed by atoms with van der Waals surface area (Å²) in [7, 11) is 1.79. The Hall–Kier alpha value is -2.06.